The van der Waals surface area contributed by atoms with Crippen molar-refractivity contribution in [2.75, 3.05) is 31.4 Å². The summed E-state index contributed by atoms with van der Waals surface area (Å²) < 4.78 is 10.4. The number of fused-ring (bicyclic) bond motifs is 1. The number of ether oxygens (including phenoxy) is 1. The molecule has 1 amide bonds. The Morgan fingerprint density at radius 2 is 1.91 bits per heavy atom. The van der Waals surface area contributed by atoms with E-state index in [0.717, 1.165) is 11.1 Å². The van der Waals surface area contributed by atoms with E-state index < -0.39 is 0 Å². The van der Waals surface area contributed by atoms with Crippen molar-refractivity contribution in [1.29, 1.82) is 0 Å². The van der Waals surface area contributed by atoms with Crippen molar-refractivity contribution < 1.29 is 14.1 Å². The molecule has 0 unspecified atom stereocenters. The average molecular weight is 311 g/mol. The van der Waals surface area contributed by atoms with Gasteiger partial charge >= 0.3 is 0 Å². The van der Waals surface area contributed by atoms with Crippen LogP contribution in [0.3, 0.4) is 0 Å². The normalized spacial score (nSPS) is 10.6. The van der Waals surface area contributed by atoms with Crippen molar-refractivity contribution in [2.45, 2.75) is 0 Å². The summed E-state index contributed by atoms with van der Waals surface area (Å²) in [5, 5.41) is 7.56. The second-order valence-electron chi connectivity index (χ2n) is 5.26. The summed E-state index contributed by atoms with van der Waals surface area (Å²) in [7, 11) is 5.44. The van der Waals surface area contributed by atoms with Gasteiger partial charge in [-0.2, -0.15) is 0 Å². The number of carbonyl (C=O) groups is 1. The van der Waals surface area contributed by atoms with Crippen LogP contribution < -0.4 is 15.0 Å². The van der Waals surface area contributed by atoms with Gasteiger partial charge in [-0.1, -0.05) is 11.2 Å². The van der Waals surface area contributed by atoms with Gasteiger partial charge in [0.2, 0.25) is 0 Å². The van der Waals surface area contributed by atoms with E-state index in [1.807, 2.05) is 37.2 Å². The number of carbonyl (C=O) groups excluding carboxylic acids is 1. The predicted molar refractivity (Wildman–Crippen MR) is 89.3 cm³/mol. The minimum atomic E-state index is -0.253. The van der Waals surface area contributed by atoms with Gasteiger partial charge in [-0.05, 0) is 36.4 Å². The first kappa shape index (κ1) is 14.9. The lowest BCUT2D eigenvalue weighted by Gasteiger charge is -2.13. The lowest BCUT2D eigenvalue weighted by atomic mass is 10.2. The second-order valence-corrected chi connectivity index (χ2v) is 5.26. The lowest BCUT2D eigenvalue weighted by Crippen LogP contribution is -2.13. The predicted octanol–water partition coefficient (Wildman–Crippen LogP) is 3.15. The molecule has 1 N–H and O–H groups in total. The molecule has 1 heterocycles. The van der Waals surface area contributed by atoms with Gasteiger partial charge in [-0.15, -0.1) is 0 Å². The standard InChI is InChI=1S/C17H17N3O3/c1-20(2)13-5-4-6-14-15(13)16(19-23-14)18-17(21)11-7-9-12(22-3)10-8-11/h4-10H,1-3H3,(H,18,19,21). The molecule has 0 saturated carbocycles. The van der Waals surface area contributed by atoms with Crippen LogP contribution in [0.1, 0.15) is 10.4 Å². The minimum Gasteiger partial charge on any atom is -0.497 e. The minimum absolute atomic E-state index is 0.253. The van der Waals surface area contributed by atoms with Crippen LogP contribution in [-0.4, -0.2) is 32.3 Å². The molecule has 0 aliphatic carbocycles. The van der Waals surface area contributed by atoms with Crippen molar-refractivity contribution in [2.24, 2.45) is 0 Å². The van der Waals surface area contributed by atoms with Gasteiger partial charge in [0.1, 0.15) is 5.75 Å². The molecule has 0 spiro atoms. The largest absolute Gasteiger partial charge is 0.497 e. The molecule has 6 heteroatoms. The molecule has 0 saturated heterocycles. The van der Waals surface area contributed by atoms with Crippen molar-refractivity contribution in [3.63, 3.8) is 0 Å². The van der Waals surface area contributed by atoms with E-state index in [1.165, 1.54) is 0 Å². The van der Waals surface area contributed by atoms with Crippen LogP contribution in [0.2, 0.25) is 0 Å². The van der Waals surface area contributed by atoms with Gasteiger partial charge < -0.3 is 19.5 Å². The number of hydrogen-bond donors (Lipinski definition) is 1. The molecule has 0 aliphatic rings. The SMILES string of the molecule is COc1ccc(C(=O)Nc2noc3cccc(N(C)C)c23)cc1. The van der Waals surface area contributed by atoms with Crippen molar-refractivity contribution >= 4 is 28.4 Å². The molecule has 118 valence electrons. The Bertz CT molecular complexity index is 838. The Hall–Kier alpha value is -3.02. The Morgan fingerprint density at radius 1 is 1.17 bits per heavy atom. The van der Waals surface area contributed by atoms with Crippen molar-refractivity contribution in [3.8, 4) is 5.75 Å². The molecule has 0 fully saturated rings. The fourth-order valence-electron chi connectivity index (χ4n) is 2.35. The first-order chi connectivity index (χ1) is 11.1. The van der Waals surface area contributed by atoms with E-state index in [9.17, 15) is 4.79 Å². The smallest absolute Gasteiger partial charge is 0.256 e. The highest BCUT2D eigenvalue weighted by molar-refractivity contribution is 6.10. The number of rotatable bonds is 4. The maximum Gasteiger partial charge on any atom is 0.256 e. The van der Waals surface area contributed by atoms with Gasteiger partial charge in [0.05, 0.1) is 18.2 Å². The Kier molecular flexibility index (Phi) is 3.89. The monoisotopic (exact) mass is 311 g/mol. The summed E-state index contributed by atoms with van der Waals surface area (Å²) in [5.41, 5.74) is 2.07. The zero-order chi connectivity index (χ0) is 16.4. The van der Waals surface area contributed by atoms with Crippen LogP contribution in [0, 0.1) is 0 Å². The number of methoxy groups -OCH3 is 1. The summed E-state index contributed by atoms with van der Waals surface area (Å²) in [6.07, 6.45) is 0. The van der Waals surface area contributed by atoms with E-state index >= 15 is 0 Å². The Balaban J connectivity index is 1.93. The molecule has 2 aromatic carbocycles. The summed E-state index contributed by atoms with van der Waals surface area (Å²) in [6, 6.07) is 12.5. The molecule has 0 aliphatic heterocycles. The van der Waals surface area contributed by atoms with Crippen LogP contribution in [0.25, 0.3) is 11.0 Å². The number of benzene rings is 2. The number of amides is 1. The van der Waals surface area contributed by atoms with Gasteiger partial charge in [0.25, 0.3) is 5.91 Å². The Morgan fingerprint density at radius 3 is 2.57 bits per heavy atom. The van der Waals surface area contributed by atoms with Gasteiger partial charge in [-0.3, -0.25) is 4.79 Å². The average Bonchev–Trinajstić information content (AvgIpc) is 2.98. The first-order valence-electron chi connectivity index (χ1n) is 7.11. The highest BCUT2D eigenvalue weighted by Crippen LogP contribution is 2.32. The molecule has 23 heavy (non-hydrogen) atoms. The fraction of sp³-hybridized carbons (Fsp3) is 0.176. The highest BCUT2D eigenvalue weighted by Gasteiger charge is 2.16. The molecule has 0 radical (unpaired) electrons. The first-order valence-corrected chi connectivity index (χ1v) is 7.11. The second kappa shape index (κ2) is 6.00. The zero-order valence-electron chi connectivity index (χ0n) is 13.2. The summed E-state index contributed by atoms with van der Waals surface area (Å²) in [6.45, 7) is 0. The third-order valence-electron chi connectivity index (χ3n) is 3.54. The van der Waals surface area contributed by atoms with Crippen molar-refractivity contribution in [3.05, 3.63) is 48.0 Å². The number of hydrogen-bond acceptors (Lipinski definition) is 5. The zero-order valence-corrected chi connectivity index (χ0v) is 13.2. The quantitative estimate of drug-likeness (QED) is 0.801. The van der Waals surface area contributed by atoms with Crippen LogP contribution >= 0.6 is 0 Å². The molecule has 3 aromatic rings. The van der Waals surface area contributed by atoms with E-state index in [1.54, 1.807) is 31.4 Å². The molecule has 3 rings (SSSR count). The number of nitrogens with zero attached hydrogens (tertiary/aromatic N) is 2. The van der Waals surface area contributed by atoms with Crippen LogP contribution in [0.15, 0.2) is 47.0 Å². The molecular formula is C17H17N3O3. The summed E-state index contributed by atoms with van der Waals surface area (Å²) in [5.74, 6) is 0.852. The maximum atomic E-state index is 12.4. The third-order valence-corrected chi connectivity index (χ3v) is 3.54. The lowest BCUT2D eigenvalue weighted by molar-refractivity contribution is 0.102. The van der Waals surface area contributed by atoms with Crippen LogP contribution in [0.4, 0.5) is 11.5 Å². The molecular weight excluding hydrogens is 294 g/mol. The van der Waals surface area contributed by atoms with Gasteiger partial charge in [-0.25, -0.2) is 0 Å². The number of anilines is 2. The van der Waals surface area contributed by atoms with E-state index in [2.05, 4.69) is 10.5 Å². The van der Waals surface area contributed by atoms with E-state index in [-0.39, 0.29) is 5.91 Å². The van der Waals surface area contributed by atoms with Gasteiger partial charge in [0, 0.05) is 19.7 Å². The molecule has 0 atom stereocenters. The number of aromatic nitrogens is 1. The highest BCUT2D eigenvalue weighted by atomic mass is 16.5. The maximum absolute atomic E-state index is 12.4. The fourth-order valence-corrected chi connectivity index (χ4v) is 2.35. The summed E-state index contributed by atoms with van der Waals surface area (Å²) >= 11 is 0. The van der Waals surface area contributed by atoms with Crippen molar-refractivity contribution in [1.82, 2.24) is 5.16 Å². The Labute approximate surface area is 133 Å². The number of nitrogens with one attached hydrogen (secondary N) is 1. The van der Waals surface area contributed by atoms with Crippen LogP contribution in [-0.2, 0) is 0 Å². The topological polar surface area (TPSA) is 67.6 Å². The third kappa shape index (κ3) is 2.83. The van der Waals surface area contributed by atoms with E-state index in [0.29, 0.717) is 22.7 Å². The van der Waals surface area contributed by atoms with Gasteiger partial charge in [0.15, 0.2) is 11.4 Å². The molecule has 0 bridgehead atoms. The van der Waals surface area contributed by atoms with Crippen LogP contribution in [0.5, 0.6) is 5.75 Å². The summed E-state index contributed by atoms with van der Waals surface area (Å²) in [4.78, 5) is 14.3. The van der Waals surface area contributed by atoms with E-state index in [4.69, 9.17) is 9.26 Å². The molecule has 6 nitrogen and oxygen atoms in total. The molecule has 1 aromatic heterocycles.